The molecule has 2 saturated heterocycles. The minimum Gasteiger partial charge on any atom is -0.495 e. The second kappa shape index (κ2) is 15.2. The van der Waals surface area contributed by atoms with Crippen molar-refractivity contribution in [1.82, 2.24) is 0 Å². The predicted molar refractivity (Wildman–Crippen MR) is 192 cm³/mol. The number of benzene rings is 2. The molecule has 15 heteroatoms. The average Bonchev–Trinajstić information content (AvgIpc) is 3.77. The lowest BCUT2D eigenvalue weighted by Gasteiger charge is -2.41. The summed E-state index contributed by atoms with van der Waals surface area (Å²) in [6.45, 7) is 6.96. The zero-order valence-electron chi connectivity index (χ0n) is 30.1. The van der Waals surface area contributed by atoms with Crippen molar-refractivity contribution in [1.29, 1.82) is 0 Å². The third kappa shape index (κ3) is 8.10. The number of carbonyl (C=O) groups excluding carboxylic acids is 3. The van der Waals surface area contributed by atoms with Crippen LogP contribution in [0.3, 0.4) is 0 Å². The largest absolute Gasteiger partial charge is 0.495 e. The molecular formula is C37H44ClN3O11. The number of fused-ring (bicyclic) bond motifs is 5. The summed E-state index contributed by atoms with van der Waals surface area (Å²) in [5.41, 5.74) is -0.256. The van der Waals surface area contributed by atoms with Crippen LogP contribution in [-0.4, -0.2) is 84.9 Å². The van der Waals surface area contributed by atoms with Gasteiger partial charge in [0.1, 0.15) is 40.3 Å². The van der Waals surface area contributed by atoms with Gasteiger partial charge in [-0.3, -0.25) is 25.0 Å². The highest BCUT2D eigenvalue weighted by Gasteiger charge is 2.64. The maximum absolute atomic E-state index is 14.0. The number of ether oxygens (including phenoxy) is 5. The number of nitro groups is 1. The number of epoxide rings is 1. The Morgan fingerprint density at radius 1 is 1.19 bits per heavy atom. The van der Waals surface area contributed by atoms with E-state index in [9.17, 15) is 29.6 Å². The molecule has 0 aliphatic carbocycles. The van der Waals surface area contributed by atoms with Gasteiger partial charge < -0.3 is 33.7 Å². The molecule has 2 aromatic carbocycles. The van der Waals surface area contributed by atoms with Gasteiger partial charge in [-0.15, -0.1) is 0 Å². The number of nitro benzene ring substituents is 1. The molecule has 0 aromatic heterocycles. The molecule has 0 radical (unpaired) electrons. The molecule has 3 heterocycles. The van der Waals surface area contributed by atoms with Gasteiger partial charge in [-0.2, -0.15) is 0 Å². The number of nitrogens with zero attached hydrogens (tertiary/aromatic N) is 2. The fourth-order valence-electron chi connectivity index (χ4n) is 7.07. The summed E-state index contributed by atoms with van der Waals surface area (Å²) in [6.07, 6.45) is 0.814. The number of hydrogen-bond donors (Lipinski definition) is 2. The van der Waals surface area contributed by atoms with Gasteiger partial charge in [0.15, 0.2) is 0 Å². The highest BCUT2D eigenvalue weighted by molar-refractivity contribution is 6.35. The molecule has 52 heavy (non-hydrogen) atoms. The van der Waals surface area contributed by atoms with Crippen molar-refractivity contribution >= 4 is 46.6 Å². The maximum atomic E-state index is 14.0. The maximum Gasteiger partial charge on any atom is 0.412 e. The van der Waals surface area contributed by atoms with Crippen LogP contribution in [0.1, 0.15) is 51.2 Å². The topological polar surface area (TPSA) is 179 Å². The molecule has 14 nitrogen and oxygen atoms in total. The van der Waals surface area contributed by atoms with E-state index in [2.05, 4.69) is 5.32 Å². The number of hydrogen-bond acceptors (Lipinski definition) is 11. The van der Waals surface area contributed by atoms with Crippen LogP contribution in [0.5, 0.6) is 5.75 Å². The Morgan fingerprint density at radius 2 is 1.92 bits per heavy atom. The summed E-state index contributed by atoms with van der Waals surface area (Å²) >= 11 is 6.73. The second-order valence-corrected chi connectivity index (χ2v) is 14.3. The molecule has 0 saturated carbocycles. The van der Waals surface area contributed by atoms with Gasteiger partial charge in [-0.25, -0.2) is 4.79 Å². The van der Waals surface area contributed by atoms with E-state index >= 15 is 0 Å². The highest BCUT2D eigenvalue weighted by atomic mass is 35.5. The molecule has 2 fully saturated rings. The minimum atomic E-state index is -1.59. The zero-order valence-corrected chi connectivity index (χ0v) is 30.9. The van der Waals surface area contributed by atoms with Crippen LogP contribution in [0.25, 0.3) is 0 Å². The fraction of sp³-hybridized carbons (Fsp3) is 0.486. The first-order chi connectivity index (χ1) is 24.5. The average molecular weight is 742 g/mol. The first-order valence-corrected chi connectivity index (χ1v) is 17.2. The molecular weight excluding hydrogens is 698 g/mol. The predicted octanol–water partition coefficient (Wildman–Crippen LogP) is 5.84. The number of esters is 1. The number of carbonyl (C=O) groups is 3. The highest BCUT2D eigenvalue weighted by Crippen LogP contribution is 2.50. The molecule has 4 bridgehead atoms. The second-order valence-electron chi connectivity index (χ2n) is 13.9. The Morgan fingerprint density at radius 3 is 2.58 bits per heavy atom. The molecule has 2 amide bonds. The van der Waals surface area contributed by atoms with Gasteiger partial charge in [0.25, 0.3) is 5.69 Å². The molecule has 5 rings (SSSR count). The van der Waals surface area contributed by atoms with Gasteiger partial charge in [0.05, 0.1) is 36.7 Å². The number of halogens is 1. The molecule has 7 atom stereocenters. The van der Waals surface area contributed by atoms with Crippen LogP contribution in [0.4, 0.5) is 21.9 Å². The van der Waals surface area contributed by atoms with Gasteiger partial charge in [0.2, 0.25) is 5.91 Å². The number of aliphatic hydroxyl groups is 1. The number of nitrogens with one attached hydrogen (secondary N) is 1. The molecule has 3 aliphatic heterocycles. The number of anilines is 2. The molecule has 0 unspecified atom stereocenters. The van der Waals surface area contributed by atoms with E-state index in [0.717, 1.165) is 11.1 Å². The van der Waals surface area contributed by atoms with Crippen LogP contribution in [0.15, 0.2) is 54.1 Å². The van der Waals surface area contributed by atoms with Crippen LogP contribution in [0, 0.1) is 23.0 Å². The van der Waals surface area contributed by atoms with Crippen LogP contribution in [-0.2, 0) is 35.0 Å². The van der Waals surface area contributed by atoms with Crippen molar-refractivity contribution in [2.24, 2.45) is 5.92 Å². The number of aryl methyl sites for hydroxylation is 1. The molecule has 2 aromatic rings. The minimum absolute atomic E-state index is 0.0404. The Balaban J connectivity index is 1.53. The lowest BCUT2D eigenvalue weighted by molar-refractivity contribution is -0.385. The van der Waals surface area contributed by atoms with Crippen molar-refractivity contribution < 1.29 is 48.1 Å². The van der Waals surface area contributed by atoms with Gasteiger partial charge >= 0.3 is 12.1 Å². The van der Waals surface area contributed by atoms with Crippen molar-refractivity contribution in [3.8, 4) is 5.75 Å². The van der Waals surface area contributed by atoms with Crippen LogP contribution < -0.4 is 15.0 Å². The SMILES string of the molecule is COc1cc2cc(c1Cl)N(C)C(=O)C[C@H](OC(=O)Nc1ccc([N+](=O)[O-])c(C)c1)[C@]1(C)O[C@H]1[C@H](C)[C@@H]1C[C@@](O)(CC(=O)O1)[C@H](OC)/C=C/C=C(\C)C2. The third-order valence-corrected chi connectivity index (χ3v) is 10.5. The quantitative estimate of drug-likeness (QED) is 0.163. The lowest BCUT2D eigenvalue weighted by atomic mass is 9.78. The number of amides is 2. The lowest BCUT2D eigenvalue weighted by Crippen LogP contribution is -2.53. The van der Waals surface area contributed by atoms with Crippen molar-refractivity contribution in [3.63, 3.8) is 0 Å². The third-order valence-electron chi connectivity index (χ3n) is 10.1. The van der Waals surface area contributed by atoms with Gasteiger partial charge in [-0.05, 0) is 57.0 Å². The van der Waals surface area contributed by atoms with Crippen LogP contribution in [0.2, 0.25) is 5.02 Å². The summed E-state index contributed by atoms with van der Waals surface area (Å²) in [5.74, 6) is -1.21. The van der Waals surface area contributed by atoms with Crippen molar-refractivity contribution in [3.05, 3.63) is 80.4 Å². The van der Waals surface area contributed by atoms with E-state index in [1.807, 2.05) is 13.0 Å². The van der Waals surface area contributed by atoms with Crippen molar-refractivity contribution in [2.75, 3.05) is 31.5 Å². The first kappa shape index (κ1) is 38.7. The zero-order chi connectivity index (χ0) is 38.1. The van der Waals surface area contributed by atoms with Gasteiger partial charge in [0, 0.05) is 43.8 Å². The Kier molecular flexibility index (Phi) is 11.3. The van der Waals surface area contributed by atoms with Gasteiger partial charge in [-0.1, -0.05) is 42.3 Å². The van der Waals surface area contributed by atoms with E-state index in [-0.39, 0.29) is 35.7 Å². The number of allylic oxidation sites excluding steroid dienone is 3. The monoisotopic (exact) mass is 741 g/mol. The molecule has 0 spiro atoms. The molecule has 280 valence electrons. The van der Waals surface area contributed by atoms with Crippen molar-refractivity contribution in [2.45, 2.75) is 89.0 Å². The summed E-state index contributed by atoms with van der Waals surface area (Å²) in [4.78, 5) is 52.5. The summed E-state index contributed by atoms with van der Waals surface area (Å²) in [5, 5.41) is 25.9. The molecule has 2 N–H and O–H groups in total. The summed E-state index contributed by atoms with van der Waals surface area (Å²) in [7, 11) is 4.49. The molecule has 3 aliphatic rings. The summed E-state index contributed by atoms with van der Waals surface area (Å²) < 4.78 is 29.1. The smallest absolute Gasteiger partial charge is 0.412 e. The van der Waals surface area contributed by atoms with E-state index < -0.39 is 64.4 Å². The van der Waals surface area contributed by atoms with E-state index in [1.165, 1.54) is 37.3 Å². The summed E-state index contributed by atoms with van der Waals surface area (Å²) in [6, 6.07) is 7.64. The first-order valence-electron chi connectivity index (χ1n) is 16.8. The Hall–Kier alpha value is -4.50. The fourth-order valence-corrected chi connectivity index (χ4v) is 7.39. The Labute approximate surface area is 306 Å². The van der Waals surface area contributed by atoms with E-state index in [1.54, 1.807) is 52.1 Å². The van der Waals surface area contributed by atoms with E-state index in [4.69, 9.17) is 35.3 Å². The van der Waals surface area contributed by atoms with Crippen LogP contribution >= 0.6 is 11.6 Å². The Bertz CT molecular complexity index is 1810. The number of rotatable bonds is 5. The number of methoxy groups -OCH3 is 2. The standard InChI is InChI=1S/C37H44ClN3O11/c1-20-9-8-10-29(49-7)37(45)18-28(50-32(43)19-37)22(3)34-36(4,52-34)30(51-35(44)39-24-11-12-25(41(46)47)21(2)14-24)17-31(42)40(5)26-15-23(13-20)16-27(48-6)33(26)38/h8-12,14-16,22,28-30,34,45H,13,17-19H2,1-7H3,(H,39,44)/b10-8+,20-9+/t22-,28+,29-,30+,34+,36+,37-/m1/s1. The normalized spacial score (nSPS) is 31.0. The van der Waals surface area contributed by atoms with E-state index in [0.29, 0.717) is 23.4 Å².